The Labute approximate surface area is 292 Å². The lowest BCUT2D eigenvalue weighted by Crippen LogP contribution is -2.60. The summed E-state index contributed by atoms with van der Waals surface area (Å²) in [5.74, 6) is -9.18. The summed E-state index contributed by atoms with van der Waals surface area (Å²) in [6.07, 6.45) is -4.69. The van der Waals surface area contributed by atoms with Gasteiger partial charge in [0.25, 0.3) is 0 Å². The highest BCUT2D eigenvalue weighted by atomic mass is 32.2. The van der Waals surface area contributed by atoms with Gasteiger partial charge in [0.1, 0.15) is 24.5 Å². The number of likely N-dealkylation sites (tertiary alicyclic amines) is 1. The Bertz CT molecular complexity index is 1210. The van der Waals surface area contributed by atoms with Crippen LogP contribution in [0.15, 0.2) is 0 Å². The Morgan fingerprint density at radius 2 is 1.48 bits per heavy atom. The SMILES string of the molecule is CCCN1C(=O)CC(SCC(NC(=O)C(CC(=O)O)NC(O)[C@H](CCCNC)NC(=O)C(CC(=O)O)NC(=O)CCCC(=O)O)C(=O)O)C1O. The van der Waals surface area contributed by atoms with E-state index >= 15 is 0 Å². The van der Waals surface area contributed by atoms with Gasteiger partial charge in [0.15, 0.2) is 0 Å². The number of thioether (sulfide) groups is 1. The Hall–Kier alpha value is -4.05. The first-order chi connectivity index (χ1) is 23.5. The fourth-order valence-corrected chi connectivity index (χ4v) is 6.16. The molecule has 0 aromatic rings. The molecule has 0 radical (unpaired) electrons. The van der Waals surface area contributed by atoms with Gasteiger partial charge in [0, 0.05) is 31.6 Å². The minimum absolute atomic E-state index is 0.000379. The number of hydrogen-bond donors (Lipinski definition) is 11. The molecule has 1 saturated heterocycles. The summed E-state index contributed by atoms with van der Waals surface area (Å²) in [5.41, 5.74) is 0. The molecule has 1 fully saturated rings. The third-order valence-corrected chi connectivity index (χ3v) is 8.81. The van der Waals surface area contributed by atoms with E-state index in [1.807, 2.05) is 6.92 Å². The molecule has 1 aliphatic heterocycles. The fraction of sp³-hybridized carbons (Fsp3) is 0.724. The Kier molecular flexibility index (Phi) is 19.9. The lowest BCUT2D eigenvalue weighted by Gasteiger charge is -2.30. The van der Waals surface area contributed by atoms with Crippen LogP contribution in [0.25, 0.3) is 0 Å². The summed E-state index contributed by atoms with van der Waals surface area (Å²) in [7, 11) is 1.63. The number of nitrogens with one attached hydrogen (secondary N) is 5. The van der Waals surface area contributed by atoms with E-state index in [1.54, 1.807) is 7.05 Å². The summed E-state index contributed by atoms with van der Waals surface area (Å²) in [5, 5.41) is 70.2. The van der Waals surface area contributed by atoms with Crippen molar-refractivity contribution in [2.24, 2.45) is 0 Å². The third kappa shape index (κ3) is 16.1. The number of aliphatic hydroxyl groups is 2. The van der Waals surface area contributed by atoms with Crippen molar-refractivity contribution in [2.45, 2.75) is 107 Å². The van der Waals surface area contributed by atoms with Crippen molar-refractivity contribution >= 4 is 59.3 Å². The molecule has 7 atom stereocenters. The average molecular weight is 737 g/mol. The lowest BCUT2D eigenvalue weighted by atomic mass is 10.1. The van der Waals surface area contributed by atoms with E-state index in [0.29, 0.717) is 25.9 Å². The molecule has 11 N–H and O–H groups in total. The zero-order chi connectivity index (χ0) is 38.0. The van der Waals surface area contributed by atoms with Crippen LogP contribution in [0.1, 0.15) is 64.7 Å². The first-order valence-corrected chi connectivity index (χ1v) is 17.0. The number of carbonyl (C=O) groups is 8. The summed E-state index contributed by atoms with van der Waals surface area (Å²) < 4.78 is 0. The van der Waals surface area contributed by atoms with E-state index in [2.05, 4.69) is 26.6 Å². The number of hydrogen-bond acceptors (Lipinski definition) is 13. The lowest BCUT2D eigenvalue weighted by molar-refractivity contribution is -0.143. The molecule has 284 valence electrons. The summed E-state index contributed by atoms with van der Waals surface area (Å²) in [4.78, 5) is 97.9. The average Bonchev–Trinajstić information content (AvgIpc) is 3.28. The van der Waals surface area contributed by atoms with E-state index < -0.39 is 96.3 Å². The molecule has 4 amide bonds. The second-order valence-corrected chi connectivity index (χ2v) is 12.8. The first-order valence-electron chi connectivity index (χ1n) is 16.0. The predicted octanol–water partition coefficient (Wildman–Crippen LogP) is -2.93. The van der Waals surface area contributed by atoms with Crippen LogP contribution in [0.2, 0.25) is 0 Å². The van der Waals surface area contributed by atoms with Gasteiger partial charge in [-0.3, -0.25) is 38.9 Å². The van der Waals surface area contributed by atoms with Crippen LogP contribution in [-0.2, 0) is 38.4 Å². The van der Waals surface area contributed by atoms with Crippen molar-refractivity contribution in [3.05, 3.63) is 0 Å². The number of carboxylic acids is 4. The van der Waals surface area contributed by atoms with Crippen LogP contribution < -0.4 is 26.6 Å². The topological polar surface area (TPSA) is 321 Å². The van der Waals surface area contributed by atoms with E-state index in [4.69, 9.17) is 5.11 Å². The number of nitrogens with zero attached hydrogens (tertiary/aromatic N) is 1. The van der Waals surface area contributed by atoms with E-state index in [1.165, 1.54) is 4.90 Å². The van der Waals surface area contributed by atoms with E-state index in [0.717, 1.165) is 11.8 Å². The van der Waals surface area contributed by atoms with E-state index in [9.17, 15) is 63.9 Å². The quantitative estimate of drug-likeness (QED) is 0.0313. The minimum atomic E-state index is -1.84. The normalized spacial score (nSPS) is 18.7. The molecule has 0 aromatic carbocycles. The van der Waals surface area contributed by atoms with Crippen molar-refractivity contribution in [1.82, 2.24) is 31.5 Å². The Morgan fingerprint density at radius 1 is 0.860 bits per heavy atom. The van der Waals surface area contributed by atoms with Gasteiger partial charge in [-0.2, -0.15) is 11.8 Å². The Balaban J connectivity index is 3.08. The van der Waals surface area contributed by atoms with Gasteiger partial charge in [0.2, 0.25) is 23.6 Å². The van der Waals surface area contributed by atoms with Crippen molar-refractivity contribution in [1.29, 1.82) is 0 Å². The molecule has 0 aromatic heterocycles. The van der Waals surface area contributed by atoms with E-state index in [-0.39, 0.29) is 43.8 Å². The maximum Gasteiger partial charge on any atom is 0.327 e. The molecule has 21 heteroatoms. The molecule has 1 rings (SSSR count). The molecular formula is C29H48N6O14S. The highest BCUT2D eigenvalue weighted by molar-refractivity contribution is 8.00. The zero-order valence-corrected chi connectivity index (χ0v) is 28.6. The van der Waals surface area contributed by atoms with Crippen LogP contribution in [0.5, 0.6) is 0 Å². The number of rotatable bonds is 26. The van der Waals surface area contributed by atoms with Gasteiger partial charge < -0.3 is 56.8 Å². The van der Waals surface area contributed by atoms with Gasteiger partial charge >= 0.3 is 23.9 Å². The van der Waals surface area contributed by atoms with Crippen molar-refractivity contribution in [3.8, 4) is 0 Å². The smallest absolute Gasteiger partial charge is 0.327 e. The number of aliphatic hydroxyl groups excluding tert-OH is 2. The molecule has 0 saturated carbocycles. The Morgan fingerprint density at radius 3 is 2.04 bits per heavy atom. The standard InChI is InChI=1S/C29H48N6O14S/c1-3-10-35-21(37)13-19(28(35)47)50-14-18(29(48)49)34-27(46)17(12-24(42)43)33-25(44)15(6-5-9-30-2)32-26(45)16(11-23(40)41)31-20(36)7-4-8-22(38)39/h15-19,25,28,30,33,44,47H,3-14H2,1-2H3,(H,31,36)(H,32,45)(H,34,46)(H,38,39)(H,40,41)(H,42,43)(H,48,49)/t15-,16?,17?,18?,19?,25?,28?/m0/s1. The zero-order valence-electron chi connectivity index (χ0n) is 27.8. The van der Waals surface area contributed by atoms with Crippen molar-refractivity contribution in [2.75, 3.05) is 25.9 Å². The van der Waals surface area contributed by atoms with Crippen molar-refractivity contribution < 1.29 is 69.0 Å². The molecule has 0 spiro atoms. The van der Waals surface area contributed by atoms with Crippen LogP contribution in [0.3, 0.4) is 0 Å². The van der Waals surface area contributed by atoms with Gasteiger partial charge in [-0.25, -0.2) is 4.79 Å². The highest BCUT2D eigenvalue weighted by Crippen LogP contribution is 2.29. The third-order valence-electron chi connectivity index (χ3n) is 7.45. The number of amides is 4. The molecule has 1 aliphatic rings. The molecular weight excluding hydrogens is 688 g/mol. The maximum atomic E-state index is 13.2. The summed E-state index contributed by atoms with van der Waals surface area (Å²) in [6.45, 7) is 2.51. The monoisotopic (exact) mass is 736 g/mol. The van der Waals surface area contributed by atoms with Crippen molar-refractivity contribution in [3.63, 3.8) is 0 Å². The minimum Gasteiger partial charge on any atom is -0.481 e. The molecule has 6 unspecified atom stereocenters. The number of carbonyl (C=O) groups excluding carboxylic acids is 4. The van der Waals surface area contributed by atoms with Crippen LogP contribution in [0, 0.1) is 0 Å². The molecule has 50 heavy (non-hydrogen) atoms. The second-order valence-electron chi connectivity index (χ2n) is 11.6. The number of carboxylic acid groups (broad SMARTS) is 4. The first kappa shape index (κ1) is 44.0. The van der Waals surface area contributed by atoms with Crippen LogP contribution in [0.4, 0.5) is 0 Å². The van der Waals surface area contributed by atoms with Gasteiger partial charge in [-0.05, 0) is 39.3 Å². The second kappa shape index (κ2) is 22.6. The highest BCUT2D eigenvalue weighted by Gasteiger charge is 2.39. The number of aliphatic carboxylic acids is 4. The molecule has 0 aliphatic carbocycles. The molecule has 1 heterocycles. The fourth-order valence-electron chi connectivity index (χ4n) is 4.92. The summed E-state index contributed by atoms with van der Waals surface area (Å²) in [6, 6.07) is -6.25. The van der Waals surface area contributed by atoms with Gasteiger partial charge in [-0.1, -0.05) is 6.92 Å². The molecule has 0 bridgehead atoms. The largest absolute Gasteiger partial charge is 0.481 e. The van der Waals surface area contributed by atoms with Crippen LogP contribution in [-0.4, -0.2) is 151 Å². The predicted molar refractivity (Wildman–Crippen MR) is 174 cm³/mol. The van der Waals surface area contributed by atoms with Gasteiger partial charge in [0.05, 0.1) is 30.2 Å². The summed E-state index contributed by atoms with van der Waals surface area (Å²) >= 11 is 0.937. The maximum absolute atomic E-state index is 13.2. The molecule has 20 nitrogen and oxygen atoms in total. The van der Waals surface area contributed by atoms with Crippen LogP contribution >= 0.6 is 11.8 Å². The van der Waals surface area contributed by atoms with Gasteiger partial charge in [-0.15, -0.1) is 0 Å².